The van der Waals surface area contributed by atoms with E-state index in [1.165, 1.54) is 18.2 Å². The molecule has 3 N–H and O–H groups in total. The van der Waals surface area contributed by atoms with E-state index in [4.69, 9.17) is 28.6 Å². The Morgan fingerprint density at radius 1 is 1.30 bits per heavy atom. The van der Waals surface area contributed by atoms with Crippen LogP contribution >= 0.6 is 23.2 Å². The number of halogens is 3. The van der Waals surface area contributed by atoms with E-state index in [1.807, 2.05) is 18.2 Å². The van der Waals surface area contributed by atoms with Crippen molar-refractivity contribution in [3.8, 4) is 0 Å². The number of carbonyl (C=O) groups is 1. The fourth-order valence-electron chi connectivity index (χ4n) is 3.02. The van der Waals surface area contributed by atoms with Gasteiger partial charge in [0.25, 0.3) is 0 Å². The molecule has 0 saturated carbocycles. The van der Waals surface area contributed by atoms with Gasteiger partial charge in [0.05, 0.1) is 16.7 Å². The quantitative estimate of drug-likeness (QED) is 0.191. The van der Waals surface area contributed by atoms with Gasteiger partial charge in [-0.1, -0.05) is 29.8 Å². The van der Waals surface area contributed by atoms with Gasteiger partial charge in [0, 0.05) is 41.8 Å². The van der Waals surface area contributed by atoms with Crippen LogP contribution in [0.15, 0.2) is 43.0 Å². The molecule has 2 aromatic rings. The van der Waals surface area contributed by atoms with E-state index in [-0.39, 0.29) is 17.6 Å². The van der Waals surface area contributed by atoms with Crippen LogP contribution in [0.4, 0.5) is 15.8 Å². The predicted molar refractivity (Wildman–Crippen MR) is 124 cm³/mol. The van der Waals surface area contributed by atoms with Crippen LogP contribution in [0, 0.1) is 11.2 Å². The molecular formula is C22H25Cl2FN4O. The first-order chi connectivity index (χ1) is 14.3. The molecule has 0 fully saturated rings. The van der Waals surface area contributed by atoms with Crippen LogP contribution in [-0.2, 0) is 11.2 Å². The molecule has 1 amide bonds. The van der Waals surface area contributed by atoms with E-state index in [0.717, 1.165) is 16.9 Å². The summed E-state index contributed by atoms with van der Waals surface area (Å²) < 4.78 is 14.0. The van der Waals surface area contributed by atoms with Crippen LogP contribution in [-0.4, -0.2) is 36.8 Å². The van der Waals surface area contributed by atoms with Crippen molar-refractivity contribution < 1.29 is 9.18 Å². The minimum Gasteiger partial charge on any atom is -0.388 e. The van der Waals surface area contributed by atoms with Crippen molar-refractivity contribution in [2.24, 2.45) is 0 Å². The van der Waals surface area contributed by atoms with Crippen LogP contribution in [0.2, 0.25) is 10.0 Å². The van der Waals surface area contributed by atoms with Crippen molar-refractivity contribution in [1.82, 2.24) is 4.90 Å². The Morgan fingerprint density at radius 3 is 2.67 bits per heavy atom. The first-order valence-corrected chi connectivity index (χ1v) is 10.2. The SMILES string of the molecule is C=CC(=O)N(CCCc1c(F)ccc(Cl)c1Cl)CNc1ccc(C(C)=N)c(NC)c1. The third kappa shape index (κ3) is 5.97. The molecule has 30 heavy (non-hydrogen) atoms. The highest BCUT2D eigenvalue weighted by Gasteiger charge is 2.14. The molecule has 0 radical (unpaired) electrons. The molecule has 0 aliphatic carbocycles. The Balaban J connectivity index is 2.04. The first kappa shape index (κ1) is 23.7. The summed E-state index contributed by atoms with van der Waals surface area (Å²) >= 11 is 12.1. The molecule has 0 atom stereocenters. The van der Waals surface area contributed by atoms with Gasteiger partial charge in [-0.3, -0.25) is 4.79 Å². The Hall–Kier alpha value is -2.57. The maximum absolute atomic E-state index is 14.0. The van der Waals surface area contributed by atoms with Gasteiger partial charge in [-0.2, -0.15) is 0 Å². The fraction of sp³-hybridized carbons (Fsp3) is 0.273. The predicted octanol–water partition coefficient (Wildman–Crippen LogP) is 5.58. The van der Waals surface area contributed by atoms with Gasteiger partial charge in [-0.05, 0) is 56.2 Å². The number of hydrogen-bond donors (Lipinski definition) is 3. The average molecular weight is 451 g/mol. The lowest BCUT2D eigenvalue weighted by Crippen LogP contribution is -2.35. The lowest BCUT2D eigenvalue weighted by molar-refractivity contribution is -0.125. The first-order valence-electron chi connectivity index (χ1n) is 9.43. The largest absolute Gasteiger partial charge is 0.388 e. The Bertz CT molecular complexity index is 949. The topological polar surface area (TPSA) is 68.2 Å². The molecule has 2 aromatic carbocycles. The highest BCUT2D eigenvalue weighted by atomic mass is 35.5. The molecule has 5 nitrogen and oxygen atoms in total. The number of hydrogen-bond acceptors (Lipinski definition) is 4. The van der Waals surface area contributed by atoms with Gasteiger partial charge in [0.15, 0.2) is 0 Å². The highest BCUT2D eigenvalue weighted by molar-refractivity contribution is 6.42. The Morgan fingerprint density at radius 2 is 2.03 bits per heavy atom. The molecule has 0 saturated heterocycles. The highest BCUT2D eigenvalue weighted by Crippen LogP contribution is 2.29. The summed E-state index contributed by atoms with van der Waals surface area (Å²) in [5.74, 6) is -0.647. The second-order valence-corrected chi connectivity index (χ2v) is 7.49. The standard InChI is InChI=1S/C22H25Cl2FN4O/c1-4-21(30)29(11-5-6-17-19(25)10-9-18(23)22(17)24)13-28-15-7-8-16(14(2)26)20(12-15)27-3/h4,7-10,12,26-28H,1,5-6,11,13H2,2-3H3. The van der Waals surface area contributed by atoms with Crippen molar-refractivity contribution in [2.45, 2.75) is 19.8 Å². The summed E-state index contributed by atoms with van der Waals surface area (Å²) in [4.78, 5) is 13.8. The van der Waals surface area contributed by atoms with Gasteiger partial charge in [-0.25, -0.2) is 4.39 Å². The summed E-state index contributed by atoms with van der Waals surface area (Å²) in [5, 5.41) is 14.6. The minimum atomic E-state index is -0.412. The second kappa shape index (κ2) is 11.0. The van der Waals surface area contributed by atoms with Crippen molar-refractivity contribution in [3.63, 3.8) is 0 Å². The second-order valence-electron chi connectivity index (χ2n) is 6.70. The number of rotatable bonds is 10. The molecule has 0 spiro atoms. The maximum atomic E-state index is 14.0. The van der Waals surface area contributed by atoms with Crippen LogP contribution < -0.4 is 10.6 Å². The molecule has 0 aliphatic rings. The maximum Gasteiger partial charge on any atom is 0.247 e. The number of amides is 1. The zero-order chi connectivity index (χ0) is 22.3. The van der Waals surface area contributed by atoms with Crippen LogP contribution in [0.1, 0.15) is 24.5 Å². The van der Waals surface area contributed by atoms with Gasteiger partial charge < -0.3 is 20.9 Å². The summed E-state index contributed by atoms with van der Waals surface area (Å²) in [6, 6.07) is 8.29. The van der Waals surface area contributed by atoms with Gasteiger partial charge >= 0.3 is 0 Å². The molecule has 0 aromatic heterocycles. The lowest BCUT2D eigenvalue weighted by Gasteiger charge is -2.23. The van der Waals surface area contributed by atoms with Crippen LogP contribution in [0.5, 0.6) is 0 Å². The van der Waals surface area contributed by atoms with Crippen molar-refractivity contribution in [2.75, 3.05) is 30.9 Å². The monoisotopic (exact) mass is 450 g/mol. The van der Waals surface area contributed by atoms with Gasteiger partial charge in [-0.15, -0.1) is 0 Å². The zero-order valence-electron chi connectivity index (χ0n) is 17.0. The fourth-order valence-corrected chi connectivity index (χ4v) is 3.44. The van der Waals surface area contributed by atoms with E-state index in [9.17, 15) is 9.18 Å². The van der Waals surface area contributed by atoms with Crippen LogP contribution in [0.25, 0.3) is 0 Å². The number of carbonyl (C=O) groups excluding carboxylic acids is 1. The van der Waals surface area contributed by atoms with Crippen molar-refractivity contribution in [1.29, 1.82) is 5.41 Å². The Labute approximate surface area is 186 Å². The molecule has 0 bridgehead atoms. The van der Waals surface area contributed by atoms with E-state index < -0.39 is 5.82 Å². The normalized spacial score (nSPS) is 10.4. The third-order valence-electron chi connectivity index (χ3n) is 4.65. The number of nitrogens with zero attached hydrogens (tertiary/aromatic N) is 1. The van der Waals surface area contributed by atoms with Crippen molar-refractivity contribution >= 4 is 46.2 Å². The molecule has 2 rings (SSSR count). The number of benzene rings is 2. The summed E-state index contributed by atoms with van der Waals surface area (Å²) in [6.07, 6.45) is 2.10. The van der Waals surface area contributed by atoms with E-state index >= 15 is 0 Å². The molecular weight excluding hydrogens is 426 g/mol. The number of nitrogens with one attached hydrogen (secondary N) is 3. The van der Waals surface area contributed by atoms with Crippen molar-refractivity contribution in [3.05, 3.63) is 70.0 Å². The van der Waals surface area contributed by atoms with E-state index in [2.05, 4.69) is 17.2 Å². The average Bonchev–Trinajstić information content (AvgIpc) is 2.74. The third-order valence-corrected chi connectivity index (χ3v) is 5.49. The lowest BCUT2D eigenvalue weighted by atomic mass is 10.1. The molecule has 0 heterocycles. The smallest absolute Gasteiger partial charge is 0.247 e. The summed E-state index contributed by atoms with van der Waals surface area (Å²) in [5.41, 5.74) is 3.23. The summed E-state index contributed by atoms with van der Waals surface area (Å²) in [6.45, 7) is 5.91. The number of anilines is 2. The summed E-state index contributed by atoms with van der Waals surface area (Å²) in [7, 11) is 1.79. The zero-order valence-corrected chi connectivity index (χ0v) is 18.5. The van der Waals surface area contributed by atoms with E-state index in [1.54, 1.807) is 18.9 Å². The minimum absolute atomic E-state index is 0.206. The molecule has 8 heteroatoms. The molecule has 0 aliphatic heterocycles. The van der Waals surface area contributed by atoms with Crippen LogP contribution in [0.3, 0.4) is 0 Å². The molecule has 160 valence electrons. The van der Waals surface area contributed by atoms with E-state index in [0.29, 0.717) is 35.7 Å². The van der Waals surface area contributed by atoms with Gasteiger partial charge in [0.1, 0.15) is 5.82 Å². The Kier molecular flexibility index (Phi) is 8.69. The molecule has 0 unspecified atom stereocenters. The van der Waals surface area contributed by atoms with Gasteiger partial charge in [0.2, 0.25) is 5.91 Å².